The van der Waals surface area contributed by atoms with Crippen molar-refractivity contribution in [1.82, 2.24) is 0 Å². The van der Waals surface area contributed by atoms with Gasteiger partial charge in [0.1, 0.15) is 0 Å². The maximum atomic E-state index is 3.56. The van der Waals surface area contributed by atoms with Crippen LogP contribution in [0.15, 0.2) is 53.0 Å². The van der Waals surface area contributed by atoms with Crippen LogP contribution in [0, 0.1) is 0 Å². The topological polar surface area (TPSA) is 0 Å². The van der Waals surface area contributed by atoms with E-state index in [1.165, 1.54) is 16.4 Å². The molecule has 0 fully saturated rings. The van der Waals surface area contributed by atoms with Gasteiger partial charge in [0.15, 0.2) is 0 Å². The summed E-state index contributed by atoms with van der Waals surface area (Å²) in [5.74, 6) is 0. The highest BCUT2D eigenvalue weighted by atomic mass is 79.9. The van der Waals surface area contributed by atoms with E-state index in [1.807, 2.05) is 12.1 Å². The van der Waals surface area contributed by atoms with Crippen LogP contribution in [0.3, 0.4) is 0 Å². The predicted octanol–water partition coefficient (Wildman–Crippen LogP) is 3.62. The lowest BCUT2D eigenvalue weighted by Crippen LogP contribution is -1.95. The highest BCUT2D eigenvalue weighted by molar-refractivity contribution is 9.10. The Morgan fingerprint density at radius 2 is 1.36 bits per heavy atom. The molecule has 0 aliphatic carbocycles. The van der Waals surface area contributed by atoms with Crippen molar-refractivity contribution in [3.05, 3.63) is 53.0 Å². The van der Waals surface area contributed by atoms with Gasteiger partial charge in [-0.05, 0) is 22.5 Å². The van der Waals surface area contributed by atoms with Crippen LogP contribution in [-0.4, -0.2) is 0 Å². The van der Waals surface area contributed by atoms with Crippen LogP contribution in [0.1, 0.15) is 0 Å². The first-order valence-corrected chi connectivity index (χ1v) is 5.75. The third-order valence-electron chi connectivity index (χ3n) is 2.12. The molecule has 0 aliphatic heterocycles. The van der Waals surface area contributed by atoms with Crippen LogP contribution in [0.5, 0.6) is 0 Å². The molecule has 1 atom stereocenters. The summed E-state index contributed by atoms with van der Waals surface area (Å²) < 4.78 is 1.13. The Labute approximate surface area is 94.7 Å². The molecule has 0 saturated carbocycles. The zero-order chi connectivity index (χ0) is 9.97. The molecule has 0 amide bonds. The molecule has 0 heterocycles. The minimum absolute atomic E-state index is 1.13. The first-order chi connectivity index (χ1) is 6.79. The molecule has 1 unspecified atom stereocenters. The van der Waals surface area contributed by atoms with E-state index in [-0.39, 0.29) is 0 Å². The van der Waals surface area contributed by atoms with E-state index in [4.69, 9.17) is 0 Å². The second kappa shape index (κ2) is 4.25. The summed E-state index contributed by atoms with van der Waals surface area (Å²) in [5.41, 5.74) is 2.49. The van der Waals surface area contributed by atoms with E-state index in [9.17, 15) is 0 Å². The van der Waals surface area contributed by atoms with Crippen LogP contribution in [0.25, 0.3) is 11.1 Å². The first kappa shape index (κ1) is 9.89. The lowest BCUT2D eigenvalue weighted by atomic mass is 10.1. The van der Waals surface area contributed by atoms with Crippen LogP contribution < -0.4 is 5.30 Å². The standard InChI is InChI=1S/C12H10BrP/c13-11-7-3-1-5-9(11)10-6-2-4-8-12(10)14/h1-8H,14H2. The Balaban J connectivity index is 2.61. The van der Waals surface area contributed by atoms with E-state index in [0.717, 1.165) is 4.47 Å². The van der Waals surface area contributed by atoms with Gasteiger partial charge in [-0.2, -0.15) is 0 Å². The van der Waals surface area contributed by atoms with Gasteiger partial charge in [-0.1, -0.05) is 58.4 Å². The number of benzene rings is 2. The van der Waals surface area contributed by atoms with Crippen LogP contribution in [-0.2, 0) is 0 Å². The smallest absolute Gasteiger partial charge is 0.0253 e. The van der Waals surface area contributed by atoms with Gasteiger partial charge in [-0.3, -0.25) is 0 Å². The second-order valence-electron chi connectivity index (χ2n) is 3.07. The van der Waals surface area contributed by atoms with E-state index >= 15 is 0 Å². The molecule has 0 N–H and O–H groups in total. The summed E-state index contributed by atoms with van der Waals surface area (Å²) in [6.07, 6.45) is 0. The van der Waals surface area contributed by atoms with Crippen molar-refractivity contribution in [2.24, 2.45) is 0 Å². The molecule has 2 aromatic carbocycles. The Bertz CT molecular complexity index is 408. The molecule has 0 aliphatic rings. The van der Waals surface area contributed by atoms with Crippen molar-refractivity contribution in [1.29, 1.82) is 0 Å². The predicted molar refractivity (Wildman–Crippen MR) is 68.9 cm³/mol. The normalized spacial score (nSPS) is 10.1. The minimum Gasteiger partial charge on any atom is -0.105 e. The Morgan fingerprint density at radius 1 is 0.786 bits per heavy atom. The molecule has 14 heavy (non-hydrogen) atoms. The zero-order valence-electron chi connectivity index (χ0n) is 7.57. The molecule has 0 nitrogen and oxygen atoms in total. The fraction of sp³-hybridized carbons (Fsp3) is 0. The average molecular weight is 265 g/mol. The van der Waals surface area contributed by atoms with Gasteiger partial charge in [0, 0.05) is 4.47 Å². The number of hydrogen-bond acceptors (Lipinski definition) is 0. The quantitative estimate of drug-likeness (QED) is 0.691. The Kier molecular flexibility index (Phi) is 3.00. The summed E-state index contributed by atoms with van der Waals surface area (Å²) in [6.45, 7) is 0. The molecule has 0 spiro atoms. The van der Waals surface area contributed by atoms with Gasteiger partial charge in [-0.15, -0.1) is 9.24 Å². The average Bonchev–Trinajstić information content (AvgIpc) is 2.20. The molecule has 0 bridgehead atoms. The van der Waals surface area contributed by atoms with Gasteiger partial charge >= 0.3 is 0 Å². The van der Waals surface area contributed by atoms with Crippen LogP contribution >= 0.6 is 25.2 Å². The Hall–Kier alpha value is -0.650. The maximum absolute atomic E-state index is 3.56. The molecule has 2 heteroatoms. The molecule has 0 radical (unpaired) electrons. The van der Waals surface area contributed by atoms with Gasteiger partial charge in [0.2, 0.25) is 0 Å². The summed E-state index contributed by atoms with van der Waals surface area (Å²) in [4.78, 5) is 0. The number of hydrogen-bond donors (Lipinski definition) is 0. The van der Waals surface area contributed by atoms with Crippen LogP contribution in [0.4, 0.5) is 0 Å². The lowest BCUT2D eigenvalue weighted by molar-refractivity contribution is 1.61. The van der Waals surface area contributed by atoms with Gasteiger partial charge in [0.25, 0.3) is 0 Å². The molecule has 0 saturated heterocycles. The van der Waals surface area contributed by atoms with Crippen molar-refractivity contribution in [2.75, 3.05) is 0 Å². The monoisotopic (exact) mass is 264 g/mol. The molecular weight excluding hydrogens is 255 g/mol. The van der Waals surface area contributed by atoms with E-state index < -0.39 is 0 Å². The fourth-order valence-electron chi connectivity index (χ4n) is 1.42. The van der Waals surface area contributed by atoms with Crippen molar-refractivity contribution in [3.63, 3.8) is 0 Å². The van der Waals surface area contributed by atoms with Crippen molar-refractivity contribution < 1.29 is 0 Å². The van der Waals surface area contributed by atoms with Gasteiger partial charge in [-0.25, -0.2) is 0 Å². The summed E-state index contributed by atoms with van der Waals surface area (Å²) in [7, 11) is 2.76. The largest absolute Gasteiger partial charge is 0.105 e. The molecular formula is C12H10BrP. The molecule has 2 aromatic rings. The minimum atomic E-state index is 1.13. The van der Waals surface area contributed by atoms with Crippen molar-refractivity contribution in [3.8, 4) is 11.1 Å². The van der Waals surface area contributed by atoms with E-state index in [1.54, 1.807) is 0 Å². The third kappa shape index (κ3) is 1.89. The third-order valence-corrected chi connectivity index (χ3v) is 3.32. The Morgan fingerprint density at radius 3 is 2.00 bits per heavy atom. The van der Waals surface area contributed by atoms with Crippen molar-refractivity contribution in [2.45, 2.75) is 0 Å². The van der Waals surface area contributed by atoms with Crippen molar-refractivity contribution >= 4 is 30.5 Å². The molecule has 0 aromatic heterocycles. The first-order valence-electron chi connectivity index (χ1n) is 4.38. The lowest BCUT2D eigenvalue weighted by Gasteiger charge is -2.07. The van der Waals surface area contributed by atoms with Crippen LogP contribution in [0.2, 0.25) is 0 Å². The highest BCUT2D eigenvalue weighted by Gasteiger charge is 2.03. The SMILES string of the molecule is Pc1ccccc1-c1ccccc1Br. The molecule has 2 rings (SSSR count). The van der Waals surface area contributed by atoms with Gasteiger partial charge < -0.3 is 0 Å². The number of halogens is 1. The summed E-state index contributed by atoms with van der Waals surface area (Å²) in [5, 5.41) is 1.22. The number of rotatable bonds is 1. The zero-order valence-corrected chi connectivity index (χ0v) is 10.3. The van der Waals surface area contributed by atoms with E-state index in [2.05, 4.69) is 61.6 Å². The van der Waals surface area contributed by atoms with Gasteiger partial charge in [0.05, 0.1) is 0 Å². The highest BCUT2D eigenvalue weighted by Crippen LogP contribution is 2.27. The van der Waals surface area contributed by atoms with E-state index in [0.29, 0.717) is 0 Å². The fourth-order valence-corrected chi connectivity index (χ4v) is 2.28. The molecule has 70 valence electrons. The summed E-state index contributed by atoms with van der Waals surface area (Å²) in [6, 6.07) is 16.6. The summed E-state index contributed by atoms with van der Waals surface area (Å²) >= 11 is 3.56. The maximum Gasteiger partial charge on any atom is 0.0253 e. The second-order valence-corrected chi connectivity index (χ2v) is 4.54.